The molecule has 1 aromatic carbocycles. The van der Waals surface area contributed by atoms with E-state index in [0.29, 0.717) is 18.6 Å². The summed E-state index contributed by atoms with van der Waals surface area (Å²) in [5.41, 5.74) is -0.161. The molecule has 0 saturated carbocycles. The van der Waals surface area contributed by atoms with E-state index in [1.165, 1.54) is 18.2 Å². The number of carbonyl (C=O) groups is 3. The van der Waals surface area contributed by atoms with Gasteiger partial charge in [-0.05, 0) is 65.3 Å². The highest BCUT2D eigenvalue weighted by Crippen LogP contribution is 2.28. The van der Waals surface area contributed by atoms with E-state index in [9.17, 15) is 34.8 Å². The van der Waals surface area contributed by atoms with Gasteiger partial charge in [0.25, 0.3) is 12.4 Å². The normalized spacial score (nSPS) is 23.6. The summed E-state index contributed by atoms with van der Waals surface area (Å²) < 4.78 is 21.5. The first kappa shape index (κ1) is 32.4. The molecule has 13 nitrogen and oxygen atoms in total. The van der Waals surface area contributed by atoms with Crippen LogP contribution in [0.25, 0.3) is 0 Å². The fourth-order valence-corrected chi connectivity index (χ4v) is 3.70. The molecule has 13 heteroatoms. The molecule has 1 saturated heterocycles. The van der Waals surface area contributed by atoms with Crippen molar-refractivity contribution in [1.29, 1.82) is 0 Å². The molecule has 0 spiro atoms. The van der Waals surface area contributed by atoms with Crippen LogP contribution >= 0.6 is 0 Å². The Morgan fingerprint density at radius 3 is 2.38 bits per heavy atom. The fraction of sp³-hybridized carbons (Fsp3) is 0.654. The quantitative estimate of drug-likeness (QED) is 0.158. The number of aliphatic hydroxyl groups is 3. The van der Waals surface area contributed by atoms with E-state index >= 15 is 0 Å². The maximum absolute atomic E-state index is 13.1. The van der Waals surface area contributed by atoms with E-state index in [4.69, 9.17) is 18.9 Å². The first-order chi connectivity index (χ1) is 18.2. The molecule has 220 valence electrons. The van der Waals surface area contributed by atoms with Gasteiger partial charge in [-0.15, -0.1) is 0 Å². The highest BCUT2D eigenvalue weighted by Gasteiger charge is 2.48. The van der Waals surface area contributed by atoms with Gasteiger partial charge < -0.3 is 50.0 Å². The lowest BCUT2D eigenvalue weighted by Gasteiger charge is -2.38. The predicted octanol–water partition coefficient (Wildman–Crippen LogP) is -0.0662. The number of rotatable bonds is 15. The van der Waals surface area contributed by atoms with E-state index in [1.54, 1.807) is 0 Å². The summed E-state index contributed by atoms with van der Waals surface area (Å²) in [6.07, 6.45) is -7.87. The Labute approximate surface area is 227 Å². The molecule has 0 aromatic heterocycles. The van der Waals surface area contributed by atoms with Crippen molar-refractivity contribution in [2.24, 2.45) is 0 Å². The van der Waals surface area contributed by atoms with Gasteiger partial charge in [0.1, 0.15) is 30.7 Å². The molecular weight excluding hydrogens is 516 g/mol. The van der Waals surface area contributed by atoms with Crippen LogP contribution in [0.2, 0.25) is 0 Å². The van der Waals surface area contributed by atoms with Crippen molar-refractivity contribution >= 4 is 18.3 Å². The Morgan fingerprint density at radius 2 is 1.77 bits per heavy atom. The average molecular weight is 557 g/mol. The molecule has 1 heterocycles. The third-order valence-corrected chi connectivity index (χ3v) is 6.57. The van der Waals surface area contributed by atoms with Crippen molar-refractivity contribution in [3.8, 4) is 5.75 Å². The topological polar surface area (TPSA) is 193 Å². The summed E-state index contributed by atoms with van der Waals surface area (Å²) >= 11 is 0. The number of aliphatic hydroxyl groups excluding tert-OH is 3. The highest BCUT2D eigenvalue weighted by molar-refractivity contribution is 5.97. The zero-order valence-corrected chi connectivity index (χ0v) is 22.9. The molecule has 1 aromatic rings. The van der Waals surface area contributed by atoms with Crippen LogP contribution in [0.4, 0.5) is 0 Å². The number of carboxylic acid groups (broad SMARTS) is 1. The summed E-state index contributed by atoms with van der Waals surface area (Å²) in [6, 6.07) is 4.26. The van der Waals surface area contributed by atoms with Gasteiger partial charge >= 0.3 is 5.97 Å². The highest BCUT2D eigenvalue weighted by atomic mass is 16.7. The summed E-state index contributed by atoms with van der Waals surface area (Å²) in [4.78, 5) is 35.2. The minimum absolute atomic E-state index is 0.0141. The molecule has 1 amide bonds. The van der Waals surface area contributed by atoms with E-state index in [2.05, 4.69) is 24.5 Å². The van der Waals surface area contributed by atoms with E-state index < -0.39 is 48.2 Å². The maximum atomic E-state index is 13.1. The van der Waals surface area contributed by atoms with Crippen LogP contribution in [0.3, 0.4) is 0 Å². The first-order valence-corrected chi connectivity index (χ1v) is 12.6. The minimum Gasteiger partial charge on any atom is -0.479 e. The van der Waals surface area contributed by atoms with Crippen molar-refractivity contribution in [3.05, 3.63) is 29.3 Å². The van der Waals surface area contributed by atoms with Crippen molar-refractivity contribution in [1.82, 2.24) is 10.6 Å². The summed E-state index contributed by atoms with van der Waals surface area (Å²) in [6.45, 7) is 8.86. The molecule has 6 N–H and O–H groups in total. The Balaban J connectivity index is 2.14. The largest absolute Gasteiger partial charge is 0.479 e. The molecule has 0 unspecified atom stereocenters. The van der Waals surface area contributed by atoms with E-state index in [-0.39, 0.29) is 36.5 Å². The number of ether oxygens (including phenoxy) is 4. The van der Waals surface area contributed by atoms with Crippen LogP contribution in [0.15, 0.2) is 18.2 Å². The molecule has 0 aliphatic carbocycles. The van der Waals surface area contributed by atoms with Crippen molar-refractivity contribution in [3.63, 3.8) is 0 Å². The third kappa shape index (κ3) is 9.41. The predicted molar refractivity (Wildman–Crippen MR) is 137 cm³/mol. The molecule has 1 aliphatic rings. The Morgan fingerprint density at radius 1 is 1.08 bits per heavy atom. The molecular formula is C26H40N2O11. The van der Waals surface area contributed by atoms with Gasteiger partial charge in [0.05, 0.1) is 11.2 Å². The molecule has 0 radical (unpaired) electrons. The Kier molecular flexibility index (Phi) is 11.6. The number of amides is 1. The van der Waals surface area contributed by atoms with Crippen LogP contribution < -0.4 is 15.4 Å². The second-order valence-electron chi connectivity index (χ2n) is 10.6. The molecule has 5 atom stereocenters. The third-order valence-electron chi connectivity index (χ3n) is 6.57. The van der Waals surface area contributed by atoms with Crippen LogP contribution in [0.5, 0.6) is 5.75 Å². The van der Waals surface area contributed by atoms with Crippen LogP contribution in [-0.4, -0.2) is 101 Å². The number of carbonyl (C=O) groups excluding carboxylic acids is 2. The lowest BCUT2D eigenvalue weighted by Crippen LogP contribution is -2.61. The zero-order valence-electron chi connectivity index (χ0n) is 22.9. The molecule has 1 aliphatic heterocycles. The molecule has 2 rings (SSSR count). The standard InChI is InChI=1S/C26H40N2O11/c1-25(2,27-5)9-11-37-26(3,4)8-10-28-22(33)16-12-15(13-36-14-29)6-7-17(16)38-24-20(32)18(30)19(31)21(39-24)23(34)35/h6-7,12,14,18-21,24,27,30-32H,8-11,13H2,1-5H3,(H,28,33)(H,34,35)/t18-,19-,20+,21-,24+/m0/s1. The number of hydrogen-bond donors (Lipinski definition) is 6. The number of carboxylic acids is 1. The monoisotopic (exact) mass is 556 g/mol. The smallest absolute Gasteiger partial charge is 0.335 e. The SMILES string of the molecule is CNC(C)(C)CCOC(C)(C)CCNC(=O)c1cc(COC=O)ccc1O[C@@H]1O[C@H](C(=O)O)[C@@H](O)[C@H](O)[C@H]1O. The van der Waals surface area contributed by atoms with Crippen LogP contribution in [0.1, 0.15) is 56.5 Å². The summed E-state index contributed by atoms with van der Waals surface area (Å²) in [5.74, 6) is -2.23. The fourth-order valence-electron chi connectivity index (χ4n) is 3.70. The number of hydrogen-bond acceptors (Lipinski definition) is 11. The number of aliphatic carboxylic acids is 1. The van der Waals surface area contributed by atoms with Crippen molar-refractivity contribution < 1.29 is 53.8 Å². The lowest BCUT2D eigenvalue weighted by atomic mass is 9.99. The van der Waals surface area contributed by atoms with Gasteiger partial charge in [0, 0.05) is 18.7 Å². The van der Waals surface area contributed by atoms with Gasteiger partial charge in [-0.1, -0.05) is 6.07 Å². The Hall–Kier alpha value is -2.81. The maximum Gasteiger partial charge on any atom is 0.335 e. The van der Waals surface area contributed by atoms with Gasteiger partial charge in [-0.25, -0.2) is 4.79 Å². The Bertz CT molecular complexity index is 985. The molecule has 39 heavy (non-hydrogen) atoms. The molecule has 1 fully saturated rings. The van der Waals surface area contributed by atoms with Gasteiger partial charge in [-0.2, -0.15) is 0 Å². The van der Waals surface area contributed by atoms with E-state index in [1.807, 2.05) is 20.9 Å². The van der Waals surface area contributed by atoms with Gasteiger partial charge in [-0.3, -0.25) is 9.59 Å². The van der Waals surface area contributed by atoms with Crippen LogP contribution in [-0.2, 0) is 30.4 Å². The molecule has 0 bridgehead atoms. The number of benzene rings is 1. The van der Waals surface area contributed by atoms with Gasteiger partial charge in [0.15, 0.2) is 6.10 Å². The first-order valence-electron chi connectivity index (χ1n) is 12.6. The summed E-state index contributed by atoms with van der Waals surface area (Å²) in [7, 11) is 1.88. The lowest BCUT2D eigenvalue weighted by molar-refractivity contribution is -0.271. The van der Waals surface area contributed by atoms with Crippen LogP contribution in [0, 0.1) is 0 Å². The van der Waals surface area contributed by atoms with Gasteiger partial charge in [0.2, 0.25) is 6.29 Å². The average Bonchev–Trinajstić information content (AvgIpc) is 2.87. The second-order valence-corrected chi connectivity index (χ2v) is 10.6. The van der Waals surface area contributed by atoms with Crippen molar-refractivity contribution in [2.45, 2.75) is 89.0 Å². The second kappa shape index (κ2) is 14.0. The minimum atomic E-state index is -1.89. The van der Waals surface area contributed by atoms with E-state index in [0.717, 1.165) is 6.42 Å². The zero-order chi connectivity index (χ0) is 29.4. The summed E-state index contributed by atoms with van der Waals surface area (Å²) in [5, 5.41) is 45.6. The number of nitrogens with one attached hydrogen (secondary N) is 2. The van der Waals surface area contributed by atoms with Crippen molar-refractivity contribution in [2.75, 3.05) is 20.2 Å².